The second-order valence-electron chi connectivity index (χ2n) is 7.28. The Balaban J connectivity index is 1.94. The van der Waals surface area contributed by atoms with E-state index in [9.17, 15) is 16.8 Å². The van der Waals surface area contributed by atoms with Crippen molar-refractivity contribution in [3.05, 3.63) is 48.0 Å². The highest BCUT2D eigenvalue weighted by molar-refractivity contribution is 7.92. The lowest BCUT2D eigenvalue weighted by molar-refractivity contribution is 0.415. The highest BCUT2D eigenvalue weighted by Crippen LogP contribution is 2.31. The first kappa shape index (κ1) is 22.6. The summed E-state index contributed by atoms with van der Waals surface area (Å²) in [6.45, 7) is 2.93. The van der Waals surface area contributed by atoms with Gasteiger partial charge in [0, 0.05) is 13.1 Å². The molecular formula is C21H28N2O5S2. The van der Waals surface area contributed by atoms with Crippen molar-refractivity contribution in [2.45, 2.75) is 48.8 Å². The lowest BCUT2D eigenvalue weighted by atomic mass is 10.2. The van der Waals surface area contributed by atoms with Gasteiger partial charge in [-0.25, -0.2) is 16.8 Å². The molecule has 0 saturated carbocycles. The fourth-order valence-electron chi connectivity index (χ4n) is 3.47. The number of benzene rings is 2. The normalized spacial score (nSPS) is 16.1. The van der Waals surface area contributed by atoms with E-state index in [1.165, 1.54) is 41.7 Å². The Labute approximate surface area is 179 Å². The zero-order chi connectivity index (χ0) is 21.8. The Bertz CT molecular complexity index is 1070. The topological polar surface area (TPSA) is 92.8 Å². The van der Waals surface area contributed by atoms with Crippen molar-refractivity contribution in [2.75, 3.05) is 24.9 Å². The number of hydrogen-bond acceptors (Lipinski definition) is 5. The molecular weight excluding hydrogens is 424 g/mol. The predicted molar refractivity (Wildman–Crippen MR) is 117 cm³/mol. The van der Waals surface area contributed by atoms with Crippen LogP contribution in [0, 0.1) is 0 Å². The van der Waals surface area contributed by atoms with E-state index in [-0.39, 0.29) is 21.2 Å². The Morgan fingerprint density at radius 2 is 1.50 bits per heavy atom. The van der Waals surface area contributed by atoms with Gasteiger partial charge in [0.15, 0.2) is 0 Å². The SMILES string of the molecule is CCc1ccc(S(=O)(=O)Nc2cc(S(=O)(=O)N3CCCCCC3)ccc2OC)cc1. The van der Waals surface area contributed by atoms with Crippen LogP contribution in [-0.4, -0.2) is 41.3 Å². The Morgan fingerprint density at radius 1 is 0.900 bits per heavy atom. The highest BCUT2D eigenvalue weighted by Gasteiger charge is 2.27. The quantitative estimate of drug-likeness (QED) is 0.693. The van der Waals surface area contributed by atoms with Crippen molar-refractivity contribution >= 4 is 25.7 Å². The molecule has 0 radical (unpaired) electrons. The van der Waals surface area contributed by atoms with Crippen LogP contribution >= 0.6 is 0 Å². The number of aryl methyl sites for hydroxylation is 1. The molecule has 0 bridgehead atoms. The predicted octanol–water partition coefficient (Wildman–Crippen LogP) is 3.62. The van der Waals surface area contributed by atoms with Crippen LogP contribution in [0.15, 0.2) is 52.3 Å². The van der Waals surface area contributed by atoms with Gasteiger partial charge in [0.2, 0.25) is 10.0 Å². The van der Waals surface area contributed by atoms with Crippen LogP contribution in [0.3, 0.4) is 0 Å². The van der Waals surface area contributed by atoms with Gasteiger partial charge in [0.05, 0.1) is 22.6 Å². The maximum atomic E-state index is 13.1. The van der Waals surface area contributed by atoms with Crippen LogP contribution in [0.1, 0.15) is 38.2 Å². The van der Waals surface area contributed by atoms with Crippen LogP contribution in [-0.2, 0) is 26.5 Å². The van der Waals surface area contributed by atoms with Crippen LogP contribution in [0.25, 0.3) is 0 Å². The van der Waals surface area contributed by atoms with E-state index in [1.54, 1.807) is 12.1 Å². The van der Waals surface area contributed by atoms with E-state index in [0.717, 1.165) is 37.7 Å². The van der Waals surface area contributed by atoms with Gasteiger partial charge in [-0.05, 0) is 55.2 Å². The molecule has 0 amide bonds. The molecule has 0 unspecified atom stereocenters. The zero-order valence-electron chi connectivity index (χ0n) is 17.3. The summed E-state index contributed by atoms with van der Waals surface area (Å²) in [7, 11) is -6.21. The number of nitrogens with one attached hydrogen (secondary N) is 1. The van der Waals surface area contributed by atoms with Crippen molar-refractivity contribution in [3.8, 4) is 5.75 Å². The highest BCUT2D eigenvalue weighted by atomic mass is 32.2. The molecule has 2 aromatic carbocycles. The summed E-state index contributed by atoms with van der Waals surface area (Å²) in [5.74, 6) is 0.249. The smallest absolute Gasteiger partial charge is 0.262 e. The van der Waals surface area contributed by atoms with E-state index >= 15 is 0 Å². The van der Waals surface area contributed by atoms with E-state index < -0.39 is 20.0 Å². The number of sulfonamides is 2. The monoisotopic (exact) mass is 452 g/mol. The third-order valence-electron chi connectivity index (χ3n) is 5.26. The maximum Gasteiger partial charge on any atom is 0.262 e. The molecule has 1 aliphatic heterocycles. The van der Waals surface area contributed by atoms with Gasteiger partial charge in [-0.15, -0.1) is 0 Å². The van der Waals surface area contributed by atoms with E-state index in [1.807, 2.05) is 6.92 Å². The summed E-state index contributed by atoms with van der Waals surface area (Å²) in [6.07, 6.45) is 4.47. The lowest BCUT2D eigenvalue weighted by Crippen LogP contribution is -2.32. The largest absolute Gasteiger partial charge is 0.495 e. The third-order valence-corrected chi connectivity index (χ3v) is 8.54. The number of anilines is 1. The molecule has 1 fully saturated rings. The first-order valence-corrected chi connectivity index (χ1v) is 13.0. The number of nitrogens with zero attached hydrogens (tertiary/aromatic N) is 1. The minimum atomic E-state index is -3.90. The third kappa shape index (κ3) is 4.96. The summed E-state index contributed by atoms with van der Waals surface area (Å²) in [6, 6.07) is 10.8. The molecule has 1 heterocycles. The average molecular weight is 453 g/mol. The number of rotatable bonds is 7. The van der Waals surface area contributed by atoms with Crippen LogP contribution < -0.4 is 9.46 Å². The van der Waals surface area contributed by atoms with Gasteiger partial charge < -0.3 is 4.74 Å². The zero-order valence-corrected chi connectivity index (χ0v) is 18.9. The molecule has 3 rings (SSSR count). The molecule has 1 N–H and O–H groups in total. The molecule has 9 heteroatoms. The summed E-state index contributed by atoms with van der Waals surface area (Å²) >= 11 is 0. The van der Waals surface area contributed by atoms with Crippen LogP contribution in [0.2, 0.25) is 0 Å². The second-order valence-corrected chi connectivity index (χ2v) is 10.9. The first-order chi connectivity index (χ1) is 14.3. The number of methoxy groups -OCH3 is 1. The summed E-state index contributed by atoms with van der Waals surface area (Å²) in [5, 5.41) is 0. The van der Waals surface area contributed by atoms with Crippen molar-refractivity contribution in [3.63, 3.8) is 0 Å². The van der Waals surface area contributed by atoms with E-state index in [2.05, 4.69) is 4.72 Å². The Morgan fingerprint density at radius 3 is 2.07 bits per heavy atom. The fourth-order valence-corrected chi connectivity index (χ4v) is 6.07. The van der Waals surface area contributed by atoms with Crippen LogP contribution in [0.5, 0.6) is 5.75 Å². The van der Waals surface area contributed by atoms with E-state index in [4.69, 9.17) is 4.74 Å². The van der Waals surface area contributed by atoms with Crippen LogP contribution in [0.4, 0.5) is 5.69 Å². The van der Waals surface area contributed by atoms with Crippen molar-refractivity contribution < 1.29 is 21.6 Å². The van der Waals surface area contributed by atoms with Crippen molar-refractivity contribution in [2.24, 2.45) is 0 Å². The molecule has 1 aliphatic rings. The van der Waals surface area contributed by atoms with Gasteiger partial charge >= 0.3 is 0 Å². The minimum Gasteiger partial charge on any atom is -0.495 e. The van der Waals surface area contributed by atoms with Gasteiger partial charge in [-0.1, -0.05) is 31.9 Å². The van der Waals surface area contributed by atoms with Gasteiger partial charge in [-0.2, -0.15) is 4.31 Å². The molecule has 164 valence electrons. The van der Waals surface area contributed by atoms with Crippen molar-refractivity contribution in [1.29, 1.82) is 0 Å². The molecule has 0 spiro atoms. The number of hydrogen-bond donors (Lipinski definition) is 1. The lowest BCUT2D eigenvalue weighted by Gasteiger charge is -2.21. The molecule has 1 saturated heterocycles. The van der Waals surface area contributed by atoms with E-state index in [0.29, 0.717) is 13.1 Å². The molecule has 0 atom stereocenters. The summed E-state index contributed by atoms with van der Waals surface area (Å²) in [5.41, 5.74) is 1.12. The number of ether oxygens (including phenoxy) is 1. The summed E-state index contributed by atoms with van der Waals surface area (Å²) < 4.78 is 61.1. The van der Waals surface area contributed by atoms with Crippen molar-refractivity contribution in [1.82, 2.24) is 4.31 Å². The second kappa shape index (κ2) is 9.36. The van der Waals surface area contributed by atoms with Gasteiger partial charge in [0.1, 0.15) is 5.75 Å². The summed E-state index contributed by atoms with van der Waals surface area (Å²) in [4.78, 5) is 0.145. The maximum absolute atomic E-state index is 13.1. The molecule has 0 aromatic heterocycles. The standard InChI is InChI=1S/C21H28N2O5S2/c1-3-17-8-10-18(11-9-17)29(24,25)22-20-16-19(12-13-21(20)28-2)30(26,27)23-14-6-4-5-7-15-23/h8-13,16,22H,3-7,14-15H2,1-2H3. The first-order valence-electron chi connectivity index (χ1n) is 10.1. The minimum absolute atomic E-state index is 0.0456. The molecule has 7 nitrogen and oxygen atoms in total. The molecule has 0 aliphatic carbocycles. The molecule has 2 aromatic rings. The average Bonchev–Trinajstić information content (AvgIpc) is 3.03. The van der Waals surface area contributed by atoms with Gasteiger partial charge in [-0.3, -0.25) is 4.72 Å². The van der Waals surface area contributed by atoms with Gasteiger partial charge in [0.25, 0.3) is 10.0 Å². The fraction of sp³-hybridized carbons (Fsp3) is 0.429. The Hall–Kier alpha value is -2.10. The molecule has 30 heavy (non-hydrogen) atoms. The Kier molecular flexibility index (Phi) is 7.05.